The molecule has 166 valence electrons. The van der Waals surface area contributed by atoms with Crippen LogP contribution >= 0.6 is 0 Å². The van der Waals surface area contributed by atoms with E-state index in [1.54, 1.807) is 16.7 Å². The molecule has 2 heterocycles. The number of hydrogen-bond acceptors (Lipinski definition) is 6. The van der Waals surface area contributed by atoms with Gasteiger partial charge in [-0.25, -0.2) is 4.79 Å². The number of benzene rings is 1. The number of aromatic carboxylic acids is 1. The number of hydrogen-bond donors (Lipinski definition) is 2. The Morgan fingerprint density at radius 3 is 2.58 bits per heavy atom. The minimum absolute atomic E-state index is 0.0200. The van der Waals surface area contributed by atoms with E-state index in [1.165, 1.54) is 13.2 Å². The Bertz CT molecular complexity index is 1070. The molecule has 1 unspecified atom stereocenters. The number of methoxy groups -OCH3 is 1. The van der Waals surface area contributed by atoms with Crippen LogP contribution in [0.25, 0.3) is 11.3 Å². The van der Waals surface area contributed by atoms with E-state index in [2.05, 4.69) is 0 Å². The molecule has 0 spiro atoms. The van der Waals surface area contributed by atoms with Gasteiger partial charge in [0.2, 0.25) is 0 Å². The molecular formula is C23H27NO7. The van der Waals surface area contributed by atoms with Gasteiger partial charge in [0.05, 0.1) is 19.4 Å². The number of aliphatic hydroxyl groups is 1. The fraction of sp³-hybridized carbons (Fsp3) is 0.478. The number of rotatable bonds is 8. The van der Waals surface area contributed by atoms with Crippen molar-refractivity contribution in [2.45, 2.75) is 45.3 Å². The Balaban J connectivity index is 1.96. The second-order valence-corrected chi connectivity index (χ2v) is 8.28. The van der Waals surface area contributed by atoms with E-state index in [0.717, 1.165) is 12.8 Å². The molecule has 1 aliphatic heterocycles. The highest BCUT2D eigenvalue weighted by Gasteiger charge is 2.38. The van der Waals surface area contributed by atoms with E-state index in [4.69, 9.17) is 19.3 Å². The maximum absolute atomic E-state index is 13.1. The van der Waals surface area contributed by atoms with Crippen LogP contribution < -0.4 is 19.8 Å². The summed E-state index contributed by atoms with van der Waals surface area (Å²) in [5, 5.41) is 18.7. The summed E-state index contributed by atoms with van der Waals surface area (Å²) in [6, 6.07) is 4.96. The topological polar surface area (TPSA) is 107 Å². The van der Waals surface area contributed by atoms with Crippen LogP contribution in [0.3, 0.4) is 0 Å². The number of aliphatic hydroxyl groups excluding tert-OH is 1. The molecule has 4 rings (SSSR count). The number of aromatic nitrogens is 1. The predicted octanol–water partition coefficient (Wildman–Crippen LogP) is 3.41. The van der Waals surface area contributed by atoms with Crippen molar-refractivity contribution in [3.63, 3.8) is 0 Å². The molecule has 8 nitrogen and oxygen atoms in total. The number of pyridine rings is 1. The zero-order valence-corrected chi connectivity index (χ0v) is 17.9. The molecule has 1 atom stereocenters. The molecular weight excluding hydrogens is 402 g/mol. The number of carbonyl (C=O) groups is 1. The molecule has 0 radical (unpaired) electrons. The molecule has 1 fully saturated rings. The number of ether oxygens (including phenoxy) is 3. The van der Waals surface area contributed by atoms with Gasteiger partial charge in [0.15, 0.2) is 11.5 Å². The van der Waals surface area contributed by atoms with Crippen LogP contribution in [0.4, 0.5) is 0 Å². The van der Waals surface area contributed by atoms with Crippen LogP contribution in [0.1, 0.15) is 61.2 Å². The number of carboxylic acid groups (broad SMARTS) is 1. The quantitative estimate of drug-likeness (QED) is 0.619. The monoisotopic (exact) mass is 429 g/mol. The van der Waals surface area contributed by atoms with E-state index in [-0.39, 0.29) is 24.1 Å². The molecule has 2 aliphatic rings. The molecule has 0 saturated heterocycles. The van der Waals surface area contributed by atoms with Gasteiger partial charge in [0.1, 0.15) is 17.4 Å². The van der Waals surface area contributed by atoms with Gasteiger partial charge in [-0.1, -0.05) is 13.8 Å². The van der Waals surface area contributed by atoms with Gasteiger partial charge in [-0.15, -0.1) is 0 Å². The molecule has 2 aromatic rings. The molecule has 8 heteroatoms. The summed E-state index contributed by atoms with van der Waals surface area (Å²) in [5.74, 6) is 0.331. The van der Waals surface area contributed by atoms with Gasteiger partial charge in [-0.3, -0.25) is 4.79 Å². The molecule has 1 aromatic carbocycles. The van der Waals surface area contributed by atoms with Crippen molar-refractivity contribution in [2.75, 3.05) is 20.3 Å². The SMILES string of the molecule is COc1cc2c(cc1OCCCO)OC(C(C)C)c1cc(C(=O)O)c(=O)n(C3CC3)c1-2. The van der Waals surface area contributed by atoms with E-state index in [0.29, 0.717) is 47.1 Å². The lowest BCUT2D eigenvalue weighted by Gasteiger charge is -2.33. The van der Waals surface area contributed by atoms with E-state index >= 15 is 0 Å². The fourth-order valence-corrected chi connectivity index (χ4v) is 4.03. The van der Waals surface area contributed by atoms with Crippen molar-refractivity contribution in [1.29, 1.82) is 0 Å². The third-order valence-electron chi connectivity index (χ3n) is 5.65. The second kappa shape index (κ2) is 8.26. The minimum Gasteiger partial charge on any atom is -0.493 e. The largest absolute Gasteiger partial charge is 0.493 e. The summed E-state index contributed by atoms with van der Waals surface area (Å²) >= 11 is 0. The Morgan fingerprint density at radius 2 is 2.00 bits per heavy atom. The standard InChI is InChI=1S/C23H27NO7/c1-12(2)21-15-9-16(23(27)28)22(26)24(13-5-6-13)20(15)14-10-18(29-3)19(11-17(14)31-21)30-8-4-7-25/h9-13,21,25H,4-8H2,1-3H3,(H,27,28). The summed E-state index contributed by atoms with van der Waals surface area (Å²) in [7, 11) is 1.53. The van der Waals surface area contributed by atoms with Crippen molar-refractivity contribution in [2.24, 2.45) is 5.92 Å². The molecule has 1 saturated carbocycles. The van der Waals surface area contributed by atoms with E-state index < -0.39 is 17.6 Å². The first kappa shape index (κ1) is 21.2. The van der Waals surface area contributed by atoms with Crippen molar-refractivity contribution in [1.82, 2.24) is 4.57 Å². The normalized spacial score (nSPS) is 17.0. The molecule has 1 aliphatic carbocycles. The first-order valence-electron chi connectivity index (χ1n) is 10.5. The molecule has 1 aromatic heterocycles. The highest BCUT2D eigenvalue weighted by Crippen LogP contribution is 2.51. The average molecular weight is 429 g/mol. The smallest absolute Gasteiger partial charge is 0.341 e. The summed E-state index contributed by atoms with van der Waals surface area (Å²) < 4.78 is 19.2. The van der Waals surface area contributed by atoms with Crippen molar-refractivity contribution < 1.29 is 29.2 Å². The Kier molecular flexibility index (Phi) is 5.66. The number of fused-ring (bicyclic) bond motifs is 3. The van der Waals surface area contributed by atoms with Gasteiger partial charge in [-0.2, -0.15) is 0 Å². The summed E-state index contributed by atoms with van der Waals surface area (Å²) in [5.41, 5.74) is 1.34. The lowest BCUT2D eigenvalue weighted by Crippen LogP contribution is -2.32. The Hall–Kier alpha value is -3.00. The van der Waals surface area contributed by atoms with Gasteiger partial charge in [0, 0.05) is 36.3 Å². The maximum Gasteiger partial charge on any atom is 0.341 e. The van der Waals surface area contributed by atoms with Crippen molar-refractivity contribution in [3.05, 3.63) is 39.7 Å². The minimum atomic E-state index is -1.24. The van der Waals surface area contributed by atoms with Gasteiger partial charge in [0.25, 0.3) is 5.56 Å². The highest BCUT2D eigenvalue weighted by atomic mass is 16.5. The summed E-state index contributed by atoms with van der Waals surface area (Å²) in [4.78, 5) is 24.9. The van der Waals surface area contributed by atoms with Crippen molar-refractivity contribution >= 4 is 5.97 Å². The number of carboxylic acids is 1. The first-order valence-corrected chi connectivity index (χ1v) is 10.5. The Morgan fingerprint density at radius 1 is 1.26 bits per heavy atom. The number of nitrogens with zero attached hydrogens (tertiary/aromatic N) is 1. The van der Waals surface area contributed by atoms with Crippen LogP contribution in [0, 0.1) is 5.92 Å². The highest BCUT2D eigenvalue weighted by molar-refractivity contribution is 5.89. The molecule has 31 heavy (non-hydrogen) atoms. The van der Waals surface area contributed by atoms with Crippen molar-refractivity contribution in [3.8, 4) is 28.5 Å². The van der Waals surface area contributed by atoms with Gasteiger partial charge < -0.3 is 29.0 Å². The molecule has 2 N–H and O–H groups in total. The van der Waals surface area contributed by atoms with Crippen LogP contribution in [-0.2, 0) is 0 Å². The Labute approximate surface area is 180 Å². The fourth-order valence-electron chi connectivity index (χ4n) is 4.03. The van der Waals surface area contributed by atoms with Crippen LogP contribution in [0.2, 0.25) is 0 Å². The lowest BCUT2D eigenvalue weighted by atomic mass is 9.89. The zero-order valence-electron chi connectivity index (χ0n) is 17.9. The third kappa shape index (κ3) is 3.76. The van der Waals surface area contributed by atoms with Gasteiger partial charge >= 0.3 is 5.97 Å². The predicted molar refractivity (Wildman–Crippen MR) is 113 cm³/mol. The van der Waals surface area contributed by atoms with Crippen LogP contribution in [0.15, 0.2) is 23.0 Å². The second-order valence-electron chi connectivity index (χ2n) is 8.28. The van der Waals surface area contributed by atoms with E-state index in [1.807, 2.05) is 13.8 Å². The zero-order chi connectivity index (χ0) is 22.3. The van der Waals surface area contributed by atoms with Crippen LogP contribution in [-0.4, -0.2) is 41.1 Å². The first-order chi connectivity index (χ1) is 14.9. The lowest BCUT2D eigenvalue weighted by molar-refractivity contribution is 0.0693. The molecule has 0 bridgehead atoms. The maximum atomic E-state index is 13.1. The van der Waals surface area contributed by atoms with Gasteiger partial charge in [-0.05, 0) is 30.9 Å². The third-order valence-corrected chi connectivity index (χ3v) is 5.65. The summed E-state index contributed by atoms with van der Waals surface area (Å²) in [6.45, 7) is 4.33. The summed E-state index contributed by atoms with van der Waals surface area (Å²) in [6.07, 6.45) is 1.73. The van der Waals surface area contributed by atoms with E-state index in [9.17, 15) is 14.7 Å². The van der Waals surface area contributed by atoms with Crippen LogP contribution in [0.5, 0.6) is 17.2 Å². The molecule has 0 amide bonds. The average Bonchev–Trinajstić information content (AvgIpc) is 3.57.